The van der Waals surface area contributed by atoms with Gasteiger partial charge in [-0.1, -0.05) is 12.1 Å². The molecule has 1 N–H and O–H groups in total. The molecule has 1 amide bonds. The van der Waals surface area contributed by atoms with Gasteiger partial charge in [-0.05, 0) is 30.7 Å². The van der Waals surface area contributed by atoms with Crippen molar-refractivity contribution in [2.45, 2.75) is 26.0 Å². The lowest BCUT2D eigenvalue weighted by molar-refractivity contribution is -0.122. The Morgan fingerprint density at radius 2 is 2.18 bits per heavy atom. The minimum atomic E-state index is -0.120. The molecule has 1 aromatic carbocycles. The second-order valence-electron chi connectivity index (χ2n) is 6.66. The highest BCUT2D eigenvalue weighted by molar-refractivity contribution is 5.75. The molecule has 0 unspecified atom stereocenters. The van der Waals surface area contributed by atoms with Gasteiger partial charge in [0.25, 0.3) is 0 Å². The first-order valence-electron chi connectivity index (χ1n) is 9.06. The van der Waals surface area contributed by atoms with Crippen LogP contribution in [0.1, 0.15) is 11.3 Å². The lowest BCUT2D eigenvalue weighted by Crippen LogP contribution is -2.36. The number of benzene rings is 1. The standard InChI is InChI=1S/C20H21N5O3/c1-13-8-9-25(24-13)12-18(26)21-11-15-10-14-4-3-5-16(20(14)28-15)17-6-7-19(27-2)23-22-17/h3-9,15H,10-12H2,1-2H3,(H,21,26)/t15-/m1/s1. The molecule has 0 spiro atoms. The van der Waals surface area contributed by atoms with E-state index in [4.69, 9.17) is 9.47 Å². The van der Waals surface area contributed by atoms with Crippen molar-refractivity contribution in [2.24, 2.45) is 0 Å². The highest BCUT2D eigenvalue weighted by atomic mass is 16.5. The quantitative estimate of drug-likeness (QED) is 0.702. The normalized spacial score (nSPS) is 15.0. The fraction of sp³-hybridized carbons (Fsp3) is 0.300. The summed E-state index contributed by atoms with van der Waals surface area (Å²) in [5, 5.41) is 15.4. The maximum absolute atomic E-state index is 12.1. The molecular weight excluding hydrogens is 358 g/mol. The number of ether oxygens (including phenoxy) is 2. The second kappa shape index (κ2) is 7.67. The van der Waals surface area contributed by atoms with E-state index in [-0.39, 0.29) is 18.6 Å². The number of hydrogen-bond acceptors (Lipinski definition) is 6. The topological polar surface area (TPSA) is 91.2 Å². The molecule has 1 aliphatic heterocycles. The van der Waals surface area contributed by atoms with Gasteiger partial charge < -0.3 is 14.8 Å². The first kappa shape index (κ1) is 18.0. The van der Waals surface area contributed by atoms with E-state index in [1.807, 2.05) is 37.3 Å². The molecule has 1 aliphatic rings. The number of hydrogen-bond donors (Lipinski definition) is 1. The molecule has 0 radical (unpaired) electrons. The summed E-state index contributed by atoms with van der Waals surface area (Å²) in [5.74, 6) is 1.16. The van der Waals surface area contributed by atoms with E-state index in [1.165, 1.54) is 0 Å². The van der Waals surface area contributed by atoms with E-state index in [9.17, 15) is 4.79 Å². The Bertz CT molecular complexity index is 984. The number of carbonyl (C=O) groups excluding carboxylic acids is 1. The Balaban J connectivity index is 1.40. The SMILES string of the molecule is COc1ccc(-c2cccc3c2O[C@@H](CNC(=O)Cn2ccc(C)n2)C3)nn1. The van der Waals surface area contributed by atoms with Crippen LogP contribution in [0.5, 0.6) is 11.6 Å². The Morgan fingerprint density at radius 3 is 2.89 bits per heavy atom. The van der Waals surface area contributed by atoms with Crippen molar-refractivity contribution in [1.29, 1.82) is 0 Å². The molecule has 2 aromatic heterocycles. The van der Waals surface area contributed by atoms with E-state index in [0.717, 1.165) is 34.7 Å². The number of aromatic nitrogens is 4. The lowest BCUT2D eigenvalue weighted by atomic mass is 10.0. The summed E-state index contributed by atoms with van der Waals surface area (Å²) in [4.78, 5) is 12.1. The van der Waals surface area contributed by atoms with Crippen LogP contribution in [0.15, 0.2) is 42.6 Å². The van der Waals surface area contributed by atoms with Crippen LogP contribution in [-0.4, -0.2) is 45.6 Å². The van der Waals surface area contributed by atoms with Crippen LogP contribution in [0.25, 0.3) is 11.3 Å². The fourth-order valence-electron chi connectivity index (χ4n) is 3.21. The number of fused-ring (bicyclic) bond motifs is 1. The maximum atomic E-state index is 12.1. The molecular formula is C20H21N5O3. The van der Waals surface area contributed by atoms with Crippen molar-refractivity contribution in [3.05, 3.63) is 53.9 Å². The smallest absolute Gasteiger partial charge is 0.241 e. The third-order valence-electron chi connectivity index (χ3n) is 4.56. The molecule has 0 saturated heterocycles. The molecule has 144 valence electrons. The summed E-state index contributed by atoms with van der Waals surface area (Å²) in [5.41, 5.74) is 3.58. The summed E-state index contributed by atoms with van der Waals surface area (Å²) in [6.07, 6.45) is 2.40. The fourth-order valence-corrected chi connectivity index (χ4v) is 3.21. The van der Waals surface area contributed by atoms with Crippen molar-refractivity contribution in [3.8, 4) is 22.9 Å². The van der Waals surface area contributed by atoms with Gasteiger partial charge in [-0.25, -0.2) is 0 Å². The largest absolute Gasteiger partial charge is 0.487 e. The van der Waals surface area contributed by atoms with Crippen LogP contribution in [-0.2, 0) is 17.8 Å². The van der Waals surface area contributed by atoms with Crippen molar-refractivity contribution < 1.29 is 14.3 Å². The summed E-state index contributed by atoms with van der Waals surface area (Å²) in [6.45, 7) is 2.52. The van der Waals surface area contributed by atoms with Gasteiger partial charge in [0.1, 0.15) is 18.4 Å². The lowest BCUT2D eigenvalue weighted by Gasteiger charge is -2.13. The number of rotatable bonds is 6. The van der Waals surface area contributed by atoms with Gasteiger partial charge in [-0.15, -0.1) is 10.2 Å². The molecule has 28 heavy (non-hydrogen) atoms. The van der Waals surface area contributed by atoms with E-state index in [2.05, 4.69) is 20.6 Å². The molecule has 8 nitrogen and oxygen atoms in total. The number of carbonyl (C=O) groups is 1. The third-order valence-corrected chi connectivity index (χ3v) is 4.56. The van der Waals surface area contributed by atoms with Crippen LogP contribution in [0.2, 0.25) is 0 Å². The molecule has 0 fully saturated rings. The highest BCUT2D eigenvalue weighted by Gasteiger charge is 2.26. The van der Waals surface area contributed by atoms with Crippen LogP contribution in [0.4, 0.5) is 0 Å². The van der Waals surface area contributed by atoms with E-state index >= 15 is 0 Å². The first-order valence-corrected chi connectivity index (χ1v) is 9.06. The van der Waals surface area contributed by atoms with Gasteiger partial charge >= 0.3 is 0 Å². The summed E-state index contributed by atoms with van der Waals surface area (Å²) in [6, 6.07) is 11.5. The number of para-hydroxylation sites is 1. The molecule has 8 heteroatoms. The van der Waals surface area contributed by atoms with Gasteiger partial charge in [-0.3, -0.25) is 9.48 Å². The minimum absolute atomic E-state index is 0.0936. The zero-order chi connectivity index (χ0) is 19.5. The van der Waals surface area contributed by atoms with E-state index in [0.29, 0.717) is 12.4 Å². The van der Waals surface area contributed by atoms with Crippen molar-refractivity contribution >= 4 is 5.91 Å². The second-order valence-corrected chi connectivity index (χ2v) is 6.66. The van der Waals surface area contributed by atoms with Crippen LogP contribution < -0.4 is 14.8 Å². The average molecular weight is 379 g/mol. The Labute approximate surface area is 162 Å². The Kier molecular flexibility index (Phi) is 4.92. The summed E-state index contributed by atoms with van der Waals surface area (Å²) in [7, 11) is 1.55. The zero-order valence-electron chi connectivity index (χ0n) is 15.8. The molecule has 0 aliphatic carbocycles. The summed E-state index contributed by atoms with van der Waals surface area (Å²) >= 11 is 0. The predicted molar refractivity (Wildman–Crippen MR) is 102 cm³/mol. The minimum Gasteiger partial charge on any atom is -0.487 e. The monoisotopic (exact) mass is 379 g/mol. The van der Waals surface area contributed by atoms with Gasteiger partial charge in [0, 0.05) is 24.2 Å². The van der Waals surface area contributed by atoms with Crippen LogP contribution in [0.3, 0.4) is 0 Å². The van der Waals surface area contributed by atoms with Crippen molar-refractivity contribution in [3.63, 3.8) is 0 Å². The molecule has 4 rings (SSSR count). The Morgan fingerprint density at radius 1 is 1.29 bits per heavy atom. The molecule has 1 atom stereocenters. The first-order chi connectivity index (χ1) is 13.6. The van der Waals surface area contributed by atoms with E-state index in [1.54, 1.807) is 24.1 Å². The number of nitrogens with one attached hydrogen (secondary N) is 1. The average Bonchev–Trinajstić information content (AvgIpc) is 3.31. The van der Waals surface area contributed by atoms with E-state index < -0.39 is 0 Å². The zero-order valence-corrected chi connectivity index (χ0v) is 15.8. The number of amides is 1. The van der Waals surface area contributed by atoms with Crippen molar-refractivity contribution in [2.75, 3.05) is 13.7 Å². The van der Waals surface area contributed by atoms with Crippen LogP contribution in [0, 0.1) is 6.92 Å². The molecule has 3 heterocycles. The van der Waals surface area contributed by atoms with Gasteiger partial charge in [-0.2, -0.15) is 5.10 Å². The maximum Gasteiger partial charge on any atom is 0.241 e. The number of aryl methyl sites for hydroxylation is 1. The van der Waals surface area contributed by atoms with Crippen molar-refractivity contribution in [1.82, 2.24) is 25.3 Å². The van der Waals surface area contributed by atoms with Gasteiger partial charge in [0.2, 0.25) is 11.8 Å². The Hall–Kier alpha value is -3.42. The molecule has 3 aromatic rings. The highest BCUT2D eigenvalue weighted by Crippen LogP contribution is 2.37. The predicted octanol–water partition coefficient (Wildman–Crippen LogP) is 1.78. The number of methoxy groups -OCH3 is 1. The molecule has 0 bridgehead atoms. The van der Waals surface area contributed by atoms with Gasteiger partial charge in [0.05, 0.1) is 25.0 Å². The van der Waals surface area contributed by atoms with Crippen LogP contribution >= 0.6 is 0 Å². The summed E-state index contributed by atoms with van der Waals surface area (Å²) < 4.78 is 12.8. The molecule has 0 saturated carbocycles. The van der Waals surface area contributed by atoms with Gasteiger partial charge in [0.15, 0.2) is 0 Å². The third kappa shape index (κ3) is 3.80. The number of nitrogens with zero attached hydrogens (tertiary/aromatic N) is 4.